The molecule has 0 bridgehead atoms. The summed E-state index contributed by atoms with van der Waals surface area (Å²) < 4.78 is 10.9. The predicted octanol–water partition coefficient (Wildman–Crippen LogP) is 4.02. The molecule has 6 heteroatoms. The first-order valence-corrected chi connectivity index (χ1v) is 7.25. The van der Waals surface area contributed by atoms with E-state index in [0.717, 1.165) is 26.0 Å². The molecule has 0 aliphatic rings. The summed E-state index contributed by atoms with van der Waals surface area (Å²) in [7, 11) is 0. The monoisotopic (exact) mass is 306 g/mol. The molecule has 1 aromatic rings. The second kappa shape index (κ2) is 9.23. The lowest BCUT2D eigenvalue weighted by Gasteiger charge is -2.11. The van der Waals surface area contributed by atoms with Gasteiger partial charge in [-0.1, -0.05) is 36.5 Å². The quantitative estimate of drug-likeness (QED) is 0.700. The van der Waals surface area contributed by atoms with Gasteiger partial charge in [0.15, 0.2) is 0 Å². The summed E-state index contributed by atoms with van der Waals surface area (Å²) in [5.41, 5.74) is 0. The number of halogens is 2. The highest BCUT2D eigenvalue weighted by atomic mass is 35.5. The van der Waals surface area contributed by atoms with Crippen molar-refractivity contribution in [2.75, 3.05) is 31.7 Å². The number of hydrogen-bond donors (Lipinski definition) is 1. The molecule has 108 valence electrons. The molecule has 0 fully saturated rings. The van der Waals surface area contributed by atoms with Gasteiger partial charge in [0.1, 0.15) is 17.4 Å². The topological polar surface area (TPSA) is 43.4 Å². The summed E-state index contributed by atoms with van der Waals surface area (Å²) in [6.45, 7) is 6.52. The third-order valence-electron chi connectivity index (χ3n) is 2.35. The molecule has 0 saturated carbocycles. The molecule has 0 radical (unpaired) electrons. The number of anilines is 1. The highest BCUT2D eigenvalue weighted by molar-refractivity contribution is 6.36. The van der Waals surface area contributed by atoms with E-state index in [0.29, 0.717) is 35.0 Å². The Morgan fingerprint density at radius 3 is 2.63 bits per heavy atom. The minimum absolute atomic E-state index is 0.376. The van der Waals surface area contributed by atoms with Crippen LogP contribution in [0.15, 0.2) is 6.07 Å². The van der Waals surface area contributed by atoms with Crippen molar-refractivity contribution >= 4 is 29.0 Å². The van der Waals surface area contributed by atoms with Crippen molar-refractivity contribution in [1.29, 1.82) is 0 Å². The fourth-order valence-electron chi connectivity index (χ4n) is 1.39. The van der Waals surface area contributed by atoms with Gasteiger partial charge in [0.2, 0.25) is 5.88 Å². The highest BCUT2D eigenvalue weighted by Crippen LogP contribution is 2.30. The van der Waals surface area contributed by atoms with Crippen LogP contribution in [-0.4, -0.2) is 31.3 Å². The molecule has 1 aromatic heterocycles. The van der Waals surface area contributed by atoms with Crippen LogP contribution in [0.3, 0.4) is 0 Å². The highest BCUT2D eigenvalue weighted by Gasteiger charge is 2.09. The predicted molar refractivity (Wildman–Crippen MR) is 79.6 cm³/mol. The van der Waals surface area contributed by atoms with Gasteiger partial charge in [0.25, 0.3) is 0 Å². The van der Waals surface area contributed by atoms with E-state index >= 15 is 0 Å². The number of nitrogens with zero attached hydrogens (tertiary/aromatic N) is 1. The number of pyridine rings is 1. The Morgan fingerprint density at radius 2 is 1.95 bits per heavy atom. The number of hydrogen-bond acceptors (Lipinski definition) is 4. The fraction of sp³-hybridized carbons (Fsp3) is 0.615. The van der Waals surface area contributed by atoms with E-state index in [4.69, 9.17) is 32.7 Å². The first-order valence-electron chi connectivity index (χ1n) is 6.49. The Bertz CT molecular complexity index is 389. The molecule has 0 saturated heterocycles. The van der Waals surface area contributed by atoms with Gasteiger partial charge in [-0.25, -0.2) is 0 Å². The summed E-state index contributed by atoms with van der Waals surface area (Å²) >= 11 is 12.0. The summed E-state index contributed by atoms with van der Waals surface area (Å²) in [6.07, 6.45) is 2.18. The molecule has 0 aromatic carbocycles. The van der Waals surface area contributed by atoms with Crippen molar-refractivity contribution < 1.29 is 9.47 Å². The second-order valence-corrected chi connectivity index (χ2v) is 4.76. The molecule has 0 spiro atoms. The second-order valence-electron chi connectivity index (χ2n) is 3.95. The van der Waals surface area contributed by atoms with Gasteiger partial charge in [0.05, 0.1) is 11.6 Å². The Hall–Kier alpha value is -0.710. The van der Waals surface area contributed by atoms with E-state index in [2.05, 4.69) is 17.2 Å². The van der Waals surface area contributed by atoms with Crippen LogP contribution in [0, 0.1) is 0 Å². The molecule has 0 unspecified atom stereocenters. The van der Waals surface area contributed by atoms with Crippen LogP contribution >= 0.6 is 23.2 Å². The Kier molecular flexibility index (Phi) is 7.94. The van der Waals surface area contributed by atoms with Crippen LogP contribution in [0.2, 0.25) is 10.0 Å². The molecular formula is C13H20Cl2N2O2. The summed E-state index contributed by atoms with van der Waals surface area (Å²) in [4.78, 5) is 4.24. The van der Waals surface area contributed by atoms with Crippen LogP contribution in [-0.2, 0) is 4.74 Å². The zero-order valence-electron chi connectivity index (χ0n) is 11.3. The zero-order valence-corrected chi connectivity index (χ0v) is 12.9. The summed E-state index contributed by atoms with van der Waals surface area (Å²) in [6, 6.07) is 1.63. The largest absolute Gasteiger partial charge is 0.474 e. The van der Waals surface area contributed by atoms with Crippen molar-refractivity contribution in [2.24, 2.45) is 0 Å². The first kappa shape index (κ1) is 16.3. The van der Waals surface area contributed by atoms with Gasteiger partial charge in [0, 0.05) is 13.2 Å². The maximum atomic E-state index is 6.02. The van der Waals surface area contributed by atoms with E-state index in [9.17, 15) is 0 Å². The number of unbranched alkanes of at least 4 members (excludes halogenated alkanes) is 1. The summed E-state index contributed by atoms with van der Waals surface area (Å²) in [5, 5.41) is 3.94. The van der Waals surface area contributed by atoms with Crippen LogP contribution in [0.4, 0.5) is 5.82 Å². The number of aromatic nitrogens is 1. The lowest BCUT2D eigenvalue weighted by molar-refractivity contribution is 0.0966. The SMILES string of the molecule is CCCCOCCOc1nc(NCC)c(Cl)cc1Cl. The molecule has 0 aliphatic heterocycles. The molecular weight excluding hydrogens is 287 g/mol. The molecule has 1 heterocycles. The zero-order chi connectivity index (χ0) is 14.1. The van der Waals surface area contributed by atoms with Crippen LogP contribution in [0.1, 0.15) is 26.7 Å². The standard InChI is InChI=1S/C13H20Cl2N2O2/c1-3-5-6-18-7-8-19-13-11(15)9-10(14)12(17-13)16-4-2/h9H,3-8H2,1-2H3,(H,16,17). The van der Waals surface area contributed by atoms with E-state index in [1.165, 1.54) is 0 Å². The lowest BCUT2D eigenvalue weighted by atomic mass is 10.4. The van der Waals surface area contributed by atoms with Gasteiger partial charge in [-0.05, 0) is 19.4 Å². The Balaban J connectivity index is 2.46. The average Bonchev–Trinajstić information content (AvgIpc) is 2.38. The van der Waals surface area contributed by atoms with Crippen LogP contribution in [0.5, 0.6) is 5.88 Å². The Morgan fingerprint density at radius 1 is 1.16 bits per heavy atom. The third-order valence-corrected chi connectivity index (χ3v) is 2.91. The molecule has 1 rings (SSSR count). The minimum atomic E-state index is 0.376. The normalized spacial score (nSPS) is 10.5. The van der Waals surface area contributed by atoms with E-state index in [-0.39, 0.29) is 0 Å². The van der Waals surface area contributed by atoms with Crippen molar-refractivity contribution in [3.8, 4) is 5.88 Å². The van der Waals surface area contributed by atoms with Gasteiger partial charge in [-0.3, -0.25) is 0 Å². The molecule has 1 N–H and O–H groups in total. The molecule has 19 heavy (non-hydrogen) atoms. The van der Waals surface area contributed by atoms with Crippen molar-refractivity contribution in [1.82, 2.24) is 4.98 Å². The molecule has 4 nitrogen and oxygen atoms in total. The fourth-order valence-corrected chi connectivity index (χ4v) is 1.87. The van der Waals surface area contributed by atoms with Gasteiger partial charge < -0.3 is 14.8 Å². The number of ether oxygens (including phenoxy) is 2. The van der Waals surface area contributed by atoms with Crippen molar-refractivity contribution in [2.45, 2.75) is 26.7 Å². The van der Waals surface area contributed by atoms with Crippen molar-refractivity contribution in [3.63, 3.8) is 0 Å². The number of nitrogens with one attached hydrogen (secondary N) is 1. The van der Waals surface area contributed by atoms with E-state index in [1.54, 1.807) is 6.07 Å². The minimum Gasteiger partial charge on any atom is -0.474 e. The smallest absolute Gasteiger partial charge is 0.234 e. The number of rotatable bonds is 9. The van der Waals surface area contributed by atoms with Gasteiger partial charge >= 0.3 is 0 Å². The average molecular weight is 307 g/mol. The first-order chi connectivity index (χ1) is 9.19. The van der Waals surface area contributed by atoms with Crippen LogP contribution < -0.4 is 10.1 Å². The van der Waals surface area contributed by atoms with Gasteiger partial charge in [-0.15, -0.1) is 0 Å². The molecule has 0 atom stereocenters. The molecule has 0 aliphatic carbocycles. The summed E-state index contributed by atoms with van der Waals surface area (Å²) in [5.74, 6) is 0.955. The molecule has 0 amide bonds. The van der Waals surface area contributed by atoms with Gasteiger partial charge in [-0.2, -0.15) is 4.98 Å². The lowest BCUT2D eigenvalue weighted by Crippen LogP contribution is -2.09. The van der Waals surface area contributed by atoms with Crippen LogP contribution in [0.25, 0.3) is 0 Å². The Labute approximate surface area is 124 Å². The van der Waals surface area contributed by atoms with E-state index in [1.807, 2.05) is 6.92 Å². The maximum absolute atomic E-state index is 6.02. The van der Waals surface area contributed by atoms with Crippen molar-refractivity contribution in [3.05, 3.63) is 16.1 Å². The third kappa shape index (κ3) is 5.85. The maximum Gasteiger partial charge on any atom is 0.234 e. The van der Waals surface area contributed by atoms with E-state index < -0.39 is 0 Å².